The number of imidazole rings is 1. The molecule has 1 aromatic heterocycles. The maximum atomic E-state index is 4.24. The normalized spacial score (nSPS) is 29.5. The smallest absolute Gasteiger partial charge is 0.103 e. The van der Waals surface area contributed by atoms with Crippen molar-refractivity contribution < 1.29 is 0 Å². The van der Waals surface area contributed by atoms with Crippen LogP contribution in [-0.4, -0.2) is 40.0 Å². The van der Waals surface area contributed by atoms with Gasteiger partial charge in [-0.25, -0.2) is 4.98 Å². The lowest BCUT2D eigenvalue weighted by Gasteiger charge is -2.32. The number of fused-ring (bicyclic) bond motifs is 1. The molecule has 4 heteroatoms. The molecule has 1 aromatic rings. The highest BCUT2D eigenvalue weighted by Crippen LogP contribution is 2.27. The van der Waals surface area contributed by atoms with Crippen molar-refractivity contribution in [1.82, 2.24) is 20.2 Å². The molecule has 3 heterocycles. The van der Waals surface area contributed by atoms with Gasteiger partial charge in [-0.1, -0.05) is 6.42 Å². The van der Waals surface area contributed by atoms with E-state index in [1.807, 2.05) is 13.1 Å². The lowest BCUT2D eigenvalue weighted by Crippen LogP contribution is -2.44. The second-order valence-electron chi connectivity index (χ2n) is 5.37. The minimum atomic E-state index is 0.680. The Kier molecular flexibility index (Phi) is 3.16. The van der Waals surface area contributed by atoms with Crippen LogP contribution in [0.25, 0.3) is 0 Å². The molecular weight excluding hydrogens is 212 g/mol. The first-order chi connectivity index (χ1) is 8.33. The lowest BCUT2D eigenvalue weighted by molar-refractivity contribution is 0.180. The van der Waals surface area contributed by atoms with Gasteiger partial charge in [0.15, 0.2) is 0 Å². The molecule has 4 nitrogen and oxygen atoms in total. The number of aryl methyl sites for hydroxylation is 1. The SMILES string of the molecule is Cc1ncc(CNC2CCN3CCCCC23)[nH]1. The highest BCUT2D eigenvalue weighted by Gasteiger charge is 2.34. The van der Waals surface area contributed by atoms with Crippen molar-refractivity contribution in [1.29, 1.82) is 0 Å². The molecule has 0 saturated carbocycles. The van der Waals surface area contributed by atoms with Gasteiger partial charge in [0, 0.05) is 37.1 Å². The summed E-state index contributed by atoms with van der Waals surface area (Å²) in [6.45, 7) is 5.52. The van der Waals surface area contributed by atoms with Crippen molar-refractivity contribution in [3.8, 4) is 0 Å². The van der Waals surface area contributed by atoms with E-state index in [1.165, 1.54) is 44.5 Å². The molecule has 3 rings (SSSR count). The molecular formula is C13H22N4. The molecule has 0 aliphatic carbocycles. The Morgan fingerprint density at radius 3 is 3.18 bits per heavy atom. The van der Waals surface area contributed by atoms with Crippen LogP contribution in [0.15, 0.2) is 6.20 Å². The maximum absolute atomic E-state index is 4.24. The predicted octanol–water partition coefficient (Wildman–Crippen LogP) is 1.43. The van der Waals surface area contributed by atoms with E-state index >= 15 is 0 Å². The third kappa shape index (κ3) is 2.38. The van der Waals surface area contributed by atoms with Gasteiger partial charge in [0.05, 0.1) is 0 Å². The molecule has 0 radical (unpaired) electrons. The van der Waals surface area contributed by atoms with Crippen molar-refractivity contribution in [3.63, 3.8) is 0 Å². The minimum absolute atomic E-state index is 0.680. The summed E-state index contributed by atoms with van der Waals surface area (Å²) in [5, 5.41) is 3.70. The number of piperidine rings is 1. The molecule has 94 valence electrons. The van der Waals surface area contributed by atoms with E-state index in [2.05, 4.69) is 20.2 Å². The van der Waals surface area contributed by atoms with Gasteiger partial charge in [-0.3, -0.25) is 4.90 Å². The summed E-state index contributed by atoms with van der Waals surface area (Å²) in [4.78, 5) is 10.2. The van der Waals surface area contributed by atoms with Gasteiger partial charge in [0.1, 0.15) is 5.82 Å². The van der Waals surface area contributed by atoms with Gasteiger partial charge in [-0.15, -0.1) is 0 Å². The van der Waals surface area contributed by atoms with E-state index in [1.54, 1.807) is 0 Å². The van der Waals surface area contributed by atoms with Gasteiger partial charge in [0.2, 0.25) is 0 Å². The molecule has 2 fully saturated rings. The molecule has 0 amide bonds. The molecule has 0 bridgehead atoms. The van der Waals surface area contributed by atoms with Crippen molar-refractivity contribution in [2.24, 2.45) is 0 Å². The number of nitrogens with one attached hydrogen (secondary N) is 2. The van der Waals surface area contributed by atoms with Gasteiger partial charge < -0.3 is 10.3 Å². The number of aromatic amines is 1. The molecule has 17 heavy (non-hydrogen) atoms. The summed E-state index contributed by atoms with van der Waals surface area (Å²) < 4.78 is 0. The topological polar surface area (TPSA) is 44.0 Å². The van der Waals surface area contributed by atoms with E-state index in [0.717, 1.165) is 18.4 Å². The molecule has 0 aromatic carbocycles. The van der Waals surface area contributed by atoms with E-state index in [-0.39, 0.29) is 0 Å². The summed E-state index contributed by atoms with van der Waals surface area (Å²) >= 11 is 0. The Balaban J connectivity index is 1.55. The fourth-order valence-corrected chi connectivity index (χ4v) is 3.29. The molecule has 2 aliphatic heterocycles. The quantitative estimate of drug-likeness (QED) is 0.831. The number of hydrogen-bond donors (Lipinski definition) is 2. The Bertz CT molecular complexity index is 373. The van der Waals surface area contributed by atoms with Crippen LogP contribution in [0.4, 0.5) is 0 Å². The first-order valence-corrected chi connectivity index (χ1v) is 6.81. The Hall–Kier alpha value is -0.870. The second-order valence-corrected chi connectivity index (χ2v) is 5.37. The molecule has 2 atom stereocenters. The number of H-pyrrole nitrogens is 1. The van der Waals surface area contributed by atoms with Gasteiger partial charge in [-0.2, -0.15) is 0 Å². The Labute approximate surface area is 103 Å². The van der Waals surface area contributed by atoms with E-state index in [0.29, 0.717) is 6.04 Å². The summed E-state index contributed by atoms with van der Waals surface area (Å²) in [6.07, 6.45) is 7.42. The summed E-state index contributed by atoms with van der Waals surface area (Å²) in [5.41, 5.74) is 1.21. The molecule has 2 aliphatic rings. The highest BCUT2D eigenvalue weighted by molar-refractivity contribution is 5.01. The fraction of sp³-hybridized carbons (Fsp3) is 0.769. The second kappa shape index (κ2) is 4.78. The monoisotopic (exact) mass is 234 g/mol. The lowest BCUT2D eigenvalue weighted by atomic mass is 9.99. The summed E-state index contributed by atoms with van der Waals surface area (Å²) in [5.74, 6) is 1.01. The third-order valence-corrected chi connectivity index (χ3v) is 4.17. The largest absolute Gasteiger partial charge is 0.345 e. The Morgan fingerprint density at radius 1 is 1.41 bits per heavy atom. The zero-order valence-electron chi connectivity index (χ0n) is 10.6. The zero-order chi connectivity index (χ0) is 11.7. The first kappa shape index (κ1) is 11.2. The molecule has 0 spiro atoms. The standard InChI is InChI=1S/C13H22N4/c1-10-14-8-11(16-10)9-15-12-5-7-17-6-3-2-4-13(12)17/h8,12-13,15H,2-7,9H2,1H3,(H,14,16). The number of hydrogen-bond acceptors (Lipinski definition) is 3. The summed E-state index contributed by atoms with van der Waals surface area (Å²) in [6, 6.07) is 1.46. The average Bonchev–Trinajstić information content (AvgIpc) is 2.93. The zero-order valence-corrected chi connectivity index (χ0v) is 10.6. The minimum Gasteiger partial charge on any atom is -0.345 e. The van der Waals surface area contributed by atoms with E-state index in [4.69, 9.17) is 0 Å². The van der Waals surface area contributed by atoms with Crippen molar-refractivity contribution >= 4 is 0 Å². The summed E-state index contributed by atoms with van der Waals surface area (Å²) in [7, 11) is 0. The number of aromatic nitrogens is 2. The van der Waals surface area contributed by atoms with Gasteiger partial charge in [0.25, 0.3) is 0 Å². The van der Waals surface area contributed by atoms with Gasteiger partial charge in [-0.05, 0) is 32.7 Å². The third-order valence-electron chi connectivity index (χ3n) is 4.17. The molecule has 2 saturated heterocycles. The van der Waals surface area contributed by atoms with Crippen LogP contribution in [0.5, 0.6) is 0 Å². The molecule has 2 unspecified atom stereocenters. The Morgan fingerprint density at radius 2 is 2.35 bits per heavy atom. The van der Waals surface area contributed by atoms with Crippen LogP contribution in [0.3, 0.4) is 0 Å². The van der Waals surface area contributed by atoms with Crippen LogP contribution in [0.2, 0.25) is 0 Å². The van der Waals surface area contributed by atoms with E-state index < -0.39 is 0 Å². The number of nitrogens with zero attached hydrogens (tertiary/aromatic N) is 2. The highest BCUT2D eigenvalue weighted by atomic mass is 15.2. The first-order valence-electron chi connectivity index (χ1n) is 6.81. The van der Waals surface area contributed by atoms with Gasteiger partial charge >= 0.3 is 0 Å². The maximum Gasteiger partial charge on any atom is 0.103 e. The van der Waals surface area contributed by atoms with Crippen LogP contribution in [0, 0.1) is 6.92 Å². The number of rotatable bonds is 3. The van der Waals surface area contributed by atoms with Crippen LogP contribution < -0.4 is 5.32 Å². The fourth-order valence-electron chi connectivity index (χ4n) is 3.29. The van der Waals surface area contributed by atoms with Crippen LogP contribution in [0.1, 0.15) is 37.2 Å². The predicted molar refractivity (Wildman–Crippen MR) is 67.8 cm³/mol. The van der Waals surface area contributed by atoms with Crippen LogP contribution >= 0.6 is 0 Å². The van der Waals surface area contributed by atoms with Crippen molar-refractivity contribution in [3.05, 3.63) is 17.7 Å². The van der Waals surface area contributed by atoms with E-state index in [9.17, 15) is 0 Å². The van der Waals surface area contributed by atoms with Crippen molar-refractivity contribution in [2.75, 3.05) is 13.1 Å². The molecule has 2 N–H and O–H groups in total. The van der Waals surface area contributed by atoms with Crippen LogP contribution in [-0.2, 0) is 6.54 Å². The average molecular weight is 234 g/mol. The van der Waals surface area contributed by atoms with Crippen molar-refractivity contribution in [2.45, 2.75) is 51.2 Å².